The molecule has 98 valence electrons. The number of hydrogen-bond donors (Lipinski definition) is 3. The van der Waals surface area contributed by atoms with Gasteiger partial charge in [0.2, 0.25) is 0 Å². The van der Waals surface area contributed by atoms with E-state index in [0.29, 0.717) is 13.1 Å². The predicted octanol–water partition coefficient (Wildman–Crippen LogP) is 1.05. The van der Waals surface area contributed by atoms with Gasteiger partial charge in [-0.1, -0.05) is 0 Å². The molecular weight excluding hydrogens is 232 g/mol. The maximum absolute atomic E-state index is 12.3. The molecule has 0 saturated heterocycles. The fourth-order valence-electron chi connectivity index (χ4n) is 2.14. The van der Waals surface area contributed by atoms with Crippen LogP contribution in [0.1, 0.15) is 29.6 Å². The van der Waals surface area contributed by atoms with Gasteiger partial charge in [-0.05, 0) is 37.5 Å². The average molecular weight is 250 g/mol. The van der Waals surface area contributed by atoms with Crippen molar-refractivity contribution in [2.45, 2.75) is 25.3 Å². The van der Waals surface area contributed by atoms with Crippen molar-refractivity contribution >= 4 is 5.91 Å². The van der Waals surface area contributed by atoms with Gasteiger partial charge in [0, 0.05) is 19.1 Å². The lowest BCUT2D eigenvalue weighted by atomic mass is 9.91. The average Bonchev–Trinajstić information content (AvgIpc) is 2.28. The largest absolute Gasteiger partial charge is 0.508 e. The number of phenols is 2. The molecule has 0 bridgehead atoms. The van der Waals surface area contributed by atoms with Crippen LogP contribution in [-0.2, 0) is 0 Å². The summed E-state index contributed by atoms with van der Waals surface area (Å²) in [6, 6.07) is 4.18. The molecule has 18 heavy (non-hydrogen) atoms. The van der Waals surface area contributed by atoms with E-state index in [1.807, 2.05) is 0 Å². The lowest BCUT2D eigenvalue weighted by Crippen LogP contribution is -2.46. The maximum Gasteiger partial charge on any atom is 0.258 e. The smallest absolute Gasteiger partial charge is 0.258 e. The third-order valence-corrected chi connectivity index (χ3v) is 3.36. The quantitative estimate of drug-likeness (QED) is 0.697. The monoisotopic (exact) mass is 250 g/mol. The zero-order valence-electron chi connectivity index (χ0n) is 10.2. The molecule has 1 amide bonds. The third-order valence-electron chi connectivity index (χ3n) is 3.36. The topological polar surface area (TPSA) is 86.8 Å². The molecule has 0 unspecified atom stereocenters. The minimum atomic E-state index is -0.265. The molecule has 1 aromatic rings. The first-order valence-corrected chi connectivity index (χ1v) is 6.16. The Balaban J connectivity index is 2.23. The Labute approximate surface area is 106 Å². The molecule has 0 radical (unpaired) electrons. The molecule has 1 aromatic carbocycles. The van der Waals surface area contributed by atoms with Crippen molar-refractivity contribution in [3.05, 3.63) is 23.8 Å². The minimum Gasteiger partial charge on any atom is -0.508 e. The number of amides is 1. The van der Waals surface area contributed by atoms with Crippen molar-refractivity contribution in [2.75, 3.05) is 13.1 Å². The van der Waals surface area contributed by atoms with Gasteiger partial charge in [0.15, 0.2) is 0 Å². The number of nitrogens with two attached hydrogens (primary N) is 1. The van der Waals surface area contributed by atoms with E-state index in [0.717, 1.165) is 19.3 Å². The van der Waals surface area contributed by atoms with Gasteiger partial charge in [0.05, 0.1) is 5.56 Å². The SMILES string of the molecule is NCCN(C(=O)c1cc(O)ccc1O)C1CCC1. The second-order valence-electron chi connectivity index (χ2n) is 4.57. The molecule has 4 N–H and O–H groups in total. The van der Waals surface area contributed by atoms with Gasteiger partial charge in [-0.3, -0.25) is 4.79 Å². The number of carbonyl (C=O) groups is 1. The summed E-state index contributed by atoms with van der Waals surface area (Å²) < 4.78 is 0. The second kappa shape index (κ2) is 5.27. The van der Waals surface area contributed by atoms with Crippen LogP contribution in [0.15, 0.2) is 18.2 Å². The molecule has 5 heteroatoms. The summed E-state index contributed by atoms with van der Waals surface area (Å²) in [7, 11) is 0. The van der Waals surface area contributed by atoms with Crippen LogP contribution in [0.5, 0.6) is 11.5 Å². The molecular formula is C13H18N2O3. The van der Waals surface area contributed by atoms with Gasteiger partial charge >= 0.3 is 0 Å². The summed E-state index contributed by atoms with van der Waals surface area (Å²) in [6.45, 7) is 0.862. The summed E-state index contributed by atoms with van der Waals surface area (Å²) in [4.78, 5) is 14.0. The van der Waals surface area contributed by atoms with E-state index >= 15 is 0 Å². The number of phenolic OH excluding ortho intramolecular Hbond substituents is 2. The number of carbonyl (C=O) groups excluding carboxylic acids is 1. The first-order valence-electron chi connectivity index (χ1n) is 6.16. The molecule has 1 aliphatic rings. The first-order chi connectivity index (χ1) is 8.63. The first kappa shape index (κ1) is 12.7. The molecule has 1 saturated carbocycles. The molecule has 1 fully saturated rings. The molecule has 0 heterocycles. The predicted molar refractivity (Wildman–Crippen MR) is 67.5 cm³/mol. The highest BCUT2D eigenvalue weighted by atomic mass is 16.3. The van der Waals surface area contributed by atoms with E-state index in [4.69, 9.17) is 5.73 Å². The van der Waals surface area contributed by atoms with Crippen LogP contribution in [0.3, 0.4) is 0 Å². The van der Waals surface area contributed by atoms with Gasteiger partial charge in [-0.15, -0.1) is 0 Å². The Morgan fingerprint density at radius 1 is 1.39 bits per heavy atom. The molecule has 0 aliphatic heterocycles. The fraction of sp³-hybridized carbons (Fsp3) is 0.462. The summed E-state index contributed by atoms with van der Waals surface area (Å²) in [6.07, 6.45) is 3.07. The maximum atomic E-state index is 12.3. The summed E-state index contributed by atoms with van der Waals surface area (Å²) in [5.41, 5.74) is 5.66. The Morgan fingerprint density at radius 3 is 2.67 bits per heavy atom. The van der Waals surface area contributed by atoms with E-state index in [1.54, 1.807) is 4.90 Å². The Morgan fingerprint density at radius 2 is 2.11 bits per heavy atom. The number of aromatic hydroxyl groups is 2. The number of nitrogens with zero attached hydrogens (tertiary/aromatic N) is 1. The highest BCUT2D eigenvalue weighted by Gasteiger charge is 2.30. The van der Waals surface area contributed by atoms with Crippen molar-refractivity contribution in [2.24, 2.45) is 5.73 Å². The van der Waals surface area contributed by atoms with Gasteiger partial charge in [0.25, 0.3) is 5.91 Å². The summed E-state index contributed by atoms with van der Waals surface area (Å²) in [5.74, 6) is -0.407. The van der Waals surface area contributed by atoms with Crippen molar-refractivity contribution in [3.63, 3.8) is 0 Å². The van der Waals surface area contributed by atoms with Crippen molar-refractivity contribution in [1.29, 1.82) is 0 Å². The fourth-order valence-corrected chi connectivity index (χ4v) is 2.14. The summed E-state index contributed by atoms with van der Waals surface area (Å²) >= 11 is 0. The van der Waals surface area contributed by atoms with E-state index in [-0.39, 0.29) is 29.0 Å². The number of rotatable bonds is 4. The highest BCUT2D eigenvalue weighted by molar-refractivity contribution is 5.97. The van der Waals surface area contributed by atoms with Gasteiger partial charge in [-0.2, -0.15) is 0 Å². The second-order valence-corrected chi connectivity index (χ2v) is 4.57. The number of benzene rings is 1. The third kappa shape index (κ3) is 2.41. The van der Waals surface area contributed by atoms with E-state index < -0.39 is 0 Å². The van der Waals surface area contributed by atoms with Crippen LogP contribution in [0.25, 0.3) is 0 Å². The van der Waals surface area contributed by atoms with E-state index in [2.05, 4.69) is 0 Å². The van der Waals surface area contributed by atoms with E-state index in [9.17, 15) is 15.0 Å². The normalized spacial score (nSPS) is 15.2. The Kier molecular flexibility index (Phi) is 3.72. The zero-order chi connectivity index (χ0) is 13.1. The van der Waals surface area contributed by atoms with Gasteiger partial charge in [-0.25, -0.2) is 0 Å². The van der Waals surface area contributed by atoms with Crippen LogP contribution >= 0.6 is 0 Å². The van der Waals surface area contributed by atoms with Crippen molar-refractivity contribution in [1.82, 2.24) is 4.90 Å². The molecule has 0 atom stereocenters. The molecule has 0 aromatic heterocycles. The van der Waals surface area contributed by atoms with Crippen LogP contribution in [0.2, 0.25) is 0 Å². The molecule has 0 spiro atoms. The lowest BCUT2D eigenvalue weighted by Gasteiger charge is -2.37. The molecule has 2 rings (SSSR count). The Bertz CT molecular complexity index is 444. The van der Waals surface area contributed by atoms with Gasteiger partial charge < -0.3 is 20.8 Å². The van der Waals surface area contributed by atoms with Crippen LogP contribution in [0, 0.1) is 0 Å². The number of hydrogen-bond acceptors (Lipinski definition) is 4. The van der Waals surface area contributed by atoms with Crippen molar-refractivity contribution < 1.29 is 15.0 Å². The standard InChI is InChI=1S/C13H18N2O3/c14-6-7-15(9-2-1-3-9)13(18)11-8-10(16)4-5-12(11)17/h4-5,8-9,16-17H,1-3,6-7,14H2. The van der Waals surface area contributed by atoms with Crippen molar-refractivity contribution in [3.8, 4) is 11.5 Å². The lowest BCUT2D eigenvalue weighted by molar-refractivity contribution is 0.0585. The van der Waals surface area contributed by atoms with E-state index in [1.165, 1.54) is 18.2 Å². The zero-order valence-corrected chi connectivity index (χ0v) is 10.2. The highest BCUT2D eigenvalue weighted by Crippen LogP contribution is 2.29. The molecule has 5 nitrogen and oxygen atoms in total. The van der Waals surface area contributed by atoms with Crippen LogP contribution in [0.4, 0.5) is 0 Å². The molecule has 1 aliphatic carbocycles. The van der Waals surface area contributed by atoms with Crippen LogP contribution < -0.4 is 5.73 Å². The minimum absolute atomic E-state index is 0.0301. The summed E-state index contributed by atoms with van der Waals surface area (Å²) in [5, 5.41) is 19.1. The van der Waals surface area contributed by atoms with Crippen LogP contribution in [-0.4, -0.2) is 40.2 Å². The Hall–Kier alpha value is -1.75. The van der Waals surface area contributed by atoms with Gasteiger partial charge in [0.1, 0.15) is 11.5 Å².